The van der Waals surface area contributed by atoms with E-state index in [9.17, 15) is 13.2 Å². The predicted molar refractivity (Wildman–Crippen MR) is 126 cm³/mol. The summed E-state index contributed by atoms with van der Waals surface area (Å²) in [6.45, 7) is 0. The lowest BCUT2D eigenvalue weighted by atomic mass is 9.82. The van der Waals surface area contributed by atoms with Gasteiger partial charge in [0.1, 0.15) is 11.5 Å². The van der Waals surface area contributed by atoms with Crippen LogP contribution in [0, 0.1) is 0 Å². The maximum absolute atomic E-state index is 13.4. The van der Waals surface area contributed by atoms with Crippen molar-refractivity contribution in [3.63, 3.8) is 0 Å². The van der Waals surface area contributed by atoms with Crippen LogP contribution < -0.4 is 14.7 Å². The second-order valence-corrected chi connectivity index (χ2v) is 9.25. The Morgan fingerprint density at radius 1 is 0.909 bits per heavy atom. The van der Waals surface area contributed by atoms with Crippen LogP contribution in [0.1, 0.15) is 11.1 Å². The van der Waals surface area contributed by atoms with E-state index < -0.39 is 15.7 Å². The van der Waals surface area contributed by atoms with Gasteiger partial charge in [0, 0.05) is 13.1 Å². The molecule has 1 aliphatic heterocycles. The van der Waals surface area contributed by atoms with Crippen LogP contribution in [0.2, 0.25) is 0 Å². The summed E-state index contributed by atoms with van der Waals surface area (Å²) in [7, 11) is -0.654. The molecule has 1 amide bonds. The van der Waals surface area contributed by atoms with Gasteiger partial charge < -0.3 is 14.7 Å². The number of hydrogen-bond acceptors (Lipinski definition) is 7. The van der Waals surface area contributed by atoms with Gasteiger partial charge in [-0.2, -0.15) is 8.42 Å². The molecule has 0 fully saturated rings. The van der Waals surface area contributed by atoms with Crippen molar-refractivity contribution in [3.05, 3.63) is 83.9 Å². The third kappa shape index (κ3) is 4.14. The summed E-state index contributed by atoms with van der Waals surface area (Å²) in [5, 5.41) is 0. The van der Waals surface area contributed by atoms with E-state index >= 15 is 0 Å². The summed E-state index contributed by atoms with van der Waals surface area (Å²) >= 11 is 0. The fraction of sp³-hybridized carbons (Fsp3) is 0.167. The molecule has 3 aromatic carbocycles. The molecule has 0 saturated heterocycles. The largest absolute Gasteiger partial charge is 0.497 e. The van der Waals surface area contributed by atoms with E-state index in [0.29, 0.717) is 22.4 Å². The Labute approximate surface area is 192 Å². The fourth-order valence-corrected chi connectivity index (χ4v) is 4.31. The highest BCUT2D eigenvalue weighted by molar-refractivity contribution is 7.86. The molecule has 33 heavy (non-hydrogen) atoms. The second-order valence-electron chi connectivity index (χ2n) is 7.68. The summed E-state index contributed by atoms with van der Waals surface area (Å²) in [5.41, 5.74) is 7.39. The molecule has 9 heteroatoms. The number of benzene rings is 3. The van der Waals surface area contributed by atoms with Crippen molar-refractivity contribution >= 4 is 22.0 Å². The molecule has 0 aliphatic carbocycles. The van der Waals surface area contributed by atoms with Crippen LogP contribution in [-0.4, -0.2) is 45.6 Å². The van der Waals surface area contributed by atoms with E-state index in [1.54, 1.807) is 19.2 Å². The van der Waals surface area contributed by atoms with E-state index in [1.807, 2.05) is 54.6 Å². The topological polar surface area (TPSA) is 111 Å². The number of rotatable bonds is 6. The highest BCUT2D eigenvalue weighted by Crippen LogP contribution is 2.41. The molecule has 3 aromatic rings. The van der Waals surface area contributed by atoms with Gasteiger partial charge in [-0.1, -0.05) is 48.5 Å². The Hall–Kier alpha value is -3.85. The second kappa shape index (κ2) is 8.25. The average molecular weight is 466 g/mol. The van der Waals surface area contributed by atoms with Crippen molar-refractivity contribution in [3.8, 4) is 22.6 Å². The first-order chi connectivity index (χ1) is 15.6. The summed E-state index contributed by atoms with van der Waals surface area (Å²) in [5.74, 6) is 0.400. The molecule has 2 N–H and O–H groups in total. The summed E-state index contributed by atoms with van der Waals surface area (Å²) < 4.78 is 33.7. The van der Waals surface area contributed by atoms with Gasteiger partial charge in [-0.15, -0.1) is 0 Å². The third-order valence-electron chi connectivity index (χ3n) is 5.41. The normalized spacial score (nSPS) is 18.2. The Morgan fingerprint density at radius 3 is 2.18 bits per heavy atom. The van der Waals surface area contributed by atoms with Gasteiger partial charge in [0.25, 0.3) is 5.91 Å². The molecule has 0 spiro atoms. The first-order valence-electron chi connectivity index (χ1n) is 10.0. The lowest BCUT2D eigenvalue weighted by Gasteiger charge is -2.26. The molecule has 0 radical (unpaired) electrons. The van der Waals surface area contributed by atoms with Gasteiger partial charge in [-0.3, -0.25) is 9.69 Å². The number of ether oxygens (including phenoxy) is 1. The molecule has 1 atom stereocenters. The molecule has 0 aromatic heterocycles. The zero-order chi connectivity index (χ0) is 23.8. The first kappa shape index (κ1) is 22.3. The Kier molecular flexibility index (Phi) is 5.59. The van der Waals surface area contributed by atoms with E-state index in [-0.39, 0.29) is 17.6 Å². The minimum absolute atomic E-state index is 0.119. The summed E-state index contributed by atoms with van der Waals surface area (Å²) in [6, 6.07) is 21.4. The molecular formula is C24H23N3O5S. The third-order valence-corrected chi connectivity index (χ3v) is 5.90. The number of guanidine groups is 1. The van der Waals surface area contributed by atoms with E-state index in [2.05, 4.69) is 4.99 Å². The molecule has 170 valence electrons. The Morgan fingerprint density at radius 2 is 1.58 bits per heavy atom. The maximum atomic E-state index is 13.4. The number of nitrogens with two attached hydrogens (primary N) is 1. The minimum Gasteiger partial charge on any atom is -0.497 e. The summed E-state index contributed by atoms with van der Waals surface area (Å²) in [4.78, 5) is 19.4. The van der Waals surface area contributed by atoms with Crippen LogP contribution in [0.4, 0.5) is 0 Å². The number of amides is 1. The smallest absolute Gasteiger partial charge is 0.306 e. The van der Waals surface area contributed by atoms with Gasteiger partial charge in [0.2, 0.25) is 0 Å². The van der Waals surface area contributed by atoms with Gasteiger partial charge in [-0.05, 0) is 40.5 Å². The highest BCUT2D eigenvalue weighted by Gasteiger charge is 2.49. The number of likely N-dealkylation sites (N-methyl/N-ethyl adjacent to an activating group) is 1. The molecule has 0 saturated carbocycles. The zero-order valence-corrected chi connectivity index (χ0v) is 19.2. The molecule has 1 unspecified atom stereocenters. The molecule has 8 nitrogen and oxygen atoms in total. The fourth-order valence-electron chi connectivity index (χ4n) is 3.87. The number of nitrogens with zero attached hydrogens (tertiary/aromatic N) is 2. The lowest BCUT2D eigenvalue weighted by Crippen LogP contribution is -2.41. The Balaban J connectivity index is 1.89. The standard InChI is InChI=1S/C24H23N3O5S/c1-27-22(28)24(26-23(27)25,18-9-5-4-6-10-18)19-11-7-8-16(12-19)17-13-20(31-2)15-21(14-17)32-33(3,29)30/h4-15H,1-3H3,(H2,25,26). The van der Waals surface area contributed by atoms with Crippen molar-refractivity contribution in [2.24, 2.45) is 10.7 Å². The molecule has 0 bridgehead atoms. The highest BCUT2D eigenvalue weighted by atomic mass is 32.2. The molecule has 1 aliphatic rings. The molecule has 4 rings (SSSR count). The van der Waals surface area contributed by atoms with Gasteiger partial charge in [0.05, 0.1) is 13.4 Å². The number of methoxy groups -OCH3 is 1. The number of aliphatic imine (C=N–C) groups is 1. The van der Waals surface area contributed by atoms with Crippen molar-refractivity contribution in [2.75, 3.05) is 20.4 Å². The SMILES string of the molecule is COc1cc(OS(C)(=O)=O)cc(-c2cccc(C3(c4ccccc4)N=C(N)N(C)C3=O)c2)c1. The van der Waals surface area contributed by atoms with Crippen LogP contribution in [0.25, 0.3) is 11.1 Å². The van der Waals surface area contributed by atoms with Crippen LogP contribution in [0.3, 0.4) is 0 Å². The van der Waals surface area contributed by atoms with Crippen LogP contribution in [-0.2, 0) is 20.5 Å². The van der Waals surface area contributed by atoms with Crippen molar-refractivity contribution in [1.29, 1.82) is 0 Å². The van der Waals surface area contributed by atoms with Crippen molar-refractivity contribution < 1.29 is 22.1 Å². The monoisotopic (exact) mass is 465 g/mol. The quantitative estimate of drug-likeness (QED) is 0.561. The summed E-state index contributed by atoms with van der Waals surface area (Å²) in [6.07, 6.45) is 0.973. The minimum atomic E-state index is -3.73. The van der Waals surface area contributed by atoms with E-state index in [0.717, 1.165) is 11.8 Å². The number of carbonyl (C=O) groups is 1. The number of hydrogen-bond donors (Lipinski definition) is 1. The first-order valence-corrected chi connectivity index (χ1v) is 11.8. The van der Waals surface area contributed by atoms with Gasteiger partial charge >= 0.3 is 10.1 Å². The molecular weight excluding hydrogens is 442 g/mol. The maximum Gasteiger partial charge on any atom is 0.306 e. The van der Waals surface area contributed by atoms with Gasteiger partial charge in [-0.25, -0.2) is 4.99 Å². The van der Waals surface area contributed by atoms with Gasteiger partial charge in [0.15, 0.2) is 11.5 Å². The van der Waals surface area contributed by atoms with Crippen LogP contribution in [0.5, 0.6) is 11.5 Å². The lowest BCUT2D eigenvalue weighted by molar-refractivity contribution is -0.129. The van der Waals surface area contributed by atoms with Crippen molar-refractivity contribution in [1.82, 2.24) is 4.90 Å². The van der Waals surface area contributed by atoms with Crippen LogP contribution >= 0.6 is 0 Å². The average Bonchev–Trinajstić information content (AvgIpc) is 3.03. The Bertz CT molecular complexity index is 1360. The van der Waals surface area contributed by atoms with Crippen molar-refractivity contribution in [2.45, 2.75) is 5.54 Å². The van der Waals surface area contributed by atoms with E-state index in [1.165, 1.54) is 18.1 Å². The van der Waals surface area contributed by atoms with E-state index in [4.69, 9.17) is 14.7 Å². The zero-order valence-electron chi connectivity index (χ0n) is 18.3. The molecule has 1 heterocycles. The number of carbonyl (C=O) groups excluding carboxylic acids is 1. The van der Waals surface area contributed by atoms with Crippen LogP contribution in [0.15, 0.2) is 77.8 Å². The predicted octanol–water partition coefficient (Wildman–Crippen LogP) is 2.73.